The molecule has 1 unspecified atom stereocenters. The lowest BCUT2D eigenvalue weighted by Crippen LogP contribution is -2.20. The van der Waals surface area contributed by atoms with E-state index in [1.165, 1.54) is 63.6 Å². The van der Waals surface area contributed by atoms with E-state index in [2.05, 4.69) is 133 Å². The van der Waals surface area contributed by atoms with Crippen LogP contribution >= 0.6 is 23.1 Å². The van der Waals surface area contributed by atoms with E-state index in [0.29, 0.717) is 5.92 Å². The number of nitrogens with zero attached hydrogens (tertiary/aromatic N) is 1. The lowest BCUT2D eigenvalue weighted by atomic mass is 9.90. The maximum Gasteiger partial charge on any atom is 0.0557 e. The van der Waals surface area contributed by atoms with E-state index in [0.717, 1.165) is 12.0 Å². The average molecular weight is 536 g/mol. The fourth-order valence-electron chi connectivity index (χ4n) is 6.14. The summed E-state index contributed by atoms with van der Waals surface area (Å²) in [6.45, 7) is 4.56. The molecular formula is C36H25NS2. The minimum absolute atomic E-state index is 0.425. The highest BCUT2D eigenvalue weighted by atomic mass is 32.2. The molecule has 0 amide bonds. The zero-order valence-electron chi connectivity index (χ0n) is 21.3. The highest BCUT2D eigenvalue weighted by Gasteiger charge is 2.33. The van der Waals surface area contributed by atoms with Gasteiger partial charge in [-0.15, -0.1) is 11.3 Å². The van der Waals surface area contributed by atoms with E-state index < -0.39 is 0 Å². The van der Waals surface area contributed by atoms with Crippen LogP contribution < -0.4 is 4.90 Å². The molecule has 8 rings (SSSR count). The largest absolute Gasteiger partial charge is 0.316 e. The number of rotatable bonds is 2. The molecule has 186 valence electrons. The fraction of sp³-hybridized carbons (Fsp3) is 0.0556. The van der Waals surface area contributed by atoms with Gasteiger partial charge in [0.15, 0.2) is 0 Å². The van der Waals surface area contributed by atoms with Crippen LogP contribution in [0.25, 0.3) is 36.9 Å². The van der Waals surface area contributed by atoms with E-state index in [4.69, 9.17) is 0 Å². The maximum absolute atomic E-state index is 4.56. The summed E-state index contributed by atoms with van der Waals surface area (Å²) in [5.74, 6) is 0.425. The zero-order chi connectivity index (χ0) is 25.9. The van der Waals surface area contributed by atoms with Crippen LogP contribution in [0.5, 0.6) is 0 Å². The molecule has 0 radical (unpaired) electrons. The molecule has 0 N–H and O–H groups in total. The van der Waals surface area contributed by atoms with Crippen LogP contribution in [0.3, 0.4) is 0 Å². The number of hydrogen-bond acceptors (Lipinski definition) is 3. The predicted octanol–water partition coefficient (Wildman–Crippen LogP) is 10.7. The number of thioether (sulfide) groups is 1. The zero-order valence-corrected chi connectivity index (χ0v) is 22.9. The van der Waals surface area contributed by atoms with Gasteiger partial charge in [0.2, 0.25) is 0 Å². The Hall–Kier alpha value is -4.05. The second-order valence-electron chi connectivity index (χ2n) is 10.2. The van der Waals surface area contributed by atoms with Crippen LogP contribution in [0.1, 0.15) is 23.5 Å². The first-order chi connectivity index (χ1) is 19.3. The number of benzene rings is 4. The summed E-state index contributed by atoms with van der Waals surface area (Å²) in [7, 11) is 0. The van der Waals surface area contributed by atoms with Crippen LogP contribution in [-0.4, -0.2) is 0 Å². The Morgan fingerprint density at radius 1 is 0.769 bits per heavy atom. The summed E-state index contributed by atoms with van der Waals surface area (Å²) in [6.07, 6.45) is 14.3. The molecule has 1 aliphatic carbocycles. The summed E-state index contributed by atoms with van der Waals surface area (Å²) < 4.78 is 2.62. The molecule has 0 spiro atoms. The first-order valence-electron chi connectivity index (χ1n) is 13.3. The summed E-state index contributed by atoms with van der Waals surface area (Å²) in [4.78, 5) is 5.21. The second-order valence-corrected chi connectivity index (χ2v) is 12.3. The molecule has 5 aromatic rings. The molecule has 0 fully saturated rings. The molecule has 3 heterocycles. The molecule has 3 aliphatic rings. The number of thiophene rings is 1. The van der Waals surface area contributed by atoms with Crippen LogP contribution in [0, 0.1) is 0 Å². The van der Waals surface area contributed by atoms with Gasteiger partial charge >= 0.3 is 0 Å². The van der Waals surface area contributed by atoms with E-state index >= 15 is 0 Å². The number of anilines is 1. The SMILES string of the molecule is C=C1/C=C\C=C/N(C2=C3Sc4ccccc4C3CC=C2)c2ccc3c(sc4c(-c5ccccc5)cccc43)c21. The standard InChI is InChI=1S/C36H25NS2/c1-23-11-7-8-22-37(31-18-10-17-27-26-14-5-6-19-32(26)38-35(27)31)30-21-20-29-28-16-9-15-25(24-12-3-2-4-13-24)34(28)39-36(29)33(23)30/h2-16,18-22,27H,1,17H2/b11-7-,22-8-. The van der Waals surface area contributed by atoms with Gasteiger partial charge in [0.25, 0.3) is 0 Å². The summed E-state index contributed by atoms with van der Waals surface area (Å²) >= 11 is 3.82. The summed E-state index contributed by atoms with van der Waals surface area (Å²) in [5.41, 5.74) is 8.70. The molecule has 1 aromatic heterocycles. The van der Waals surface area contributed by atoms with E-state index in [1.807, 2.05) is 23.1 Å². The van der Waals surface area contributed by atoms with Crippen LogP contribution in [0.15, 0.2) is 144 Å². The molecule has 0 bridgehead atoms. The van der Waals surface area contributed by atoms with Crippen molar-refractivity contribution in [2.24, 2.45) is 0 Å². The monoisotopic (exact) mass is 535 g/mol. The van der Waals surface area contributed by atoms with Crippen LogP contribution in [0.4, 0.5) is 5.69 Å². The lowest BCUT2D eigenvalue weighted by Gasteiger charge is -2.30. The number of fused-ring (bicyclic) bond motifs is 8. The maximum atomic E-state index is 4.56. The minimum Gasteiger partial charge on any atom is -0.316 e. The summed E-state index contributed by atoms with van der Waals surface area (Å²) in [6, 6.07) is 30.9. The Balaban J connectivity index is 1.37. The van der Waals surface area contributed by atoms with E-state index in [-0.39, 0.29) is 0 Å². The smallest absolute Gasteiger partial charge is 0.0557 e. The Kier molecular flexibility index (Phi) is 5.29. The number of allylic oxidation sites excluding steroid dienone is 7. The van der Waals surface area contributed by atoms with Gasteiger partial charge in [-0.1, -0.05) is 109 Å². The van der Waals surface area contributed by atoms with E-state index in [1.54, 1.807) is 0 Å². The first-order valence-corrected chi connectivity index (χ1v) is 15.0. The van der Waals surface area contributed by atoms with Gasteiger partial charge < -0.3 is 4.90 Å². The van der Waals surface area contributed by atoms with Crippen molar-refractivity contribution < 1.29 is 0 Å². The topological polar surface area (TPSA) is 3.24 Å². The third kappa shape index (κ3) is 3.54. The third-order valence-corrected chi connectivity index (χ3v) is 10.5. The first kappa shape index (κ1) is 22.9. The van der Waals surface area contributed by atoms with Gasteiger partial charge in [0, 0.05) is 47.7 Å². The Morgan fingerprint density at radius 2 is 1.62 bits per heavy atom. The Bertz CT molecular complexity index is 1930. The van der Waals surface area contributed by atoms with Crippen LogP contribution in [0.2, 0.25) is 0 Å². The molecule has 2 aliphatic heterocycles. The van der Waals surface area contributed by atoms with Crippen molar-refractivity contribution in [3.05, 3.63) is 150 Å². The molecule has 4 aromatic carbocycles. The molecule has 1 nitrogen and oxygen atoms in total. The molecule has 0 saturated heterocycles. The fourth-order valence-corrected chi connectivity index (χ4v) is 8.90. The lowest BCUT2D eigenvalue weighted by molar-refractivity contribution is 0.821. The molecule has 39 heavy (non-hydrogen) atoms. The number of hydrogen-bond donors (Lipinski definition) is 0. The van der Waals surface area contributed by atoms with E-state index in [9.17, 15) is 0 Å². The average Bonchev–Trinajstić information content (AvgIpc) is 3.55. The highest BCUT2D eigenvalue weighted by molar-refractivity contribution is 8.03. The van der Waals surface area contributed by atoms with Crippen molar-refractivity contribution in [1.29, 1.82) is 0 Å². The predicted molar refractivity (Wildman–Crippen MR) is 170 cm³/mol. The molecule has 1 atom stereocenters. The second kappa shape index (κ2) is 9.01. The van der Waals surface area contributed by atoms with Gasteiger partial charge in [0.1, 0.15) is 0 Å². The highest BCUT2D eigenvalue weighted by Crippen LogP contribution is 2.55. The quantitative estimate of drug-likeness (QED) is 0.221. The molecule has 3 heteroatoms. The van der Waals surface area contributed by atoms with Gasteiger partial charge in [-0.3, -0.25) is 0 Å². The van der Waals surface area contributed by atoms with Crippen molar-refractivity contribution >= 4 is 54.5 Å². The van der Waals surface area contributed by atoms with Crippen molar-refractivity contribution in [2.75, 3.05) is 4.90 Å². The van der Waals surface area contributed by atoms with Gasteiger partial charge in [-0.05, 0) is 53.0 Å². The third-order valence-electron chi connectivity index (χ3n) is 7.94. The van der Waals surface area contributed by atoms with Crippen molar-refractivity contribution in [3.8, 4) is 11.1 Å². The molecule has 0 saturated carbocycles. The van der Waals surface area contributed by atoms with Crippen molar-refractivity contribution in [2.45, 2.75) is 17.2 Å². The minimum atomic E-state index is 0.425. The van der Waals surface area contributed by atoms with Gasteiger partial charge in [-0.25, -0.2) is 0 Å². The molecular weight excluding hydrogens is 511 g/mol. The van der Waals surface area contributed by atoms with Crippen molar-refractivity contribution in [3.63, 3.8) is 0 Å². The van der Waals surface area contributed by atoms with Crippen LogP contribution in [-0.2, 0) is 0 Å². The normalized spacial score (nSPS) is 19.5. The Labute approximate surface area is 236 Å². The Morgan fingerprint density at radius 3 is 2.54 bits per heavy atom. The summed E-state index contributed by atoms with van der Waals surface area (Å²) in [5, 5.41) is 2.60. The van der Waals surface area contributed by atoms with Crippen molar-refractivity contribution in [1.82, 2.24) is 0 Å². The van der Waals surface area contributed by atoms with Gasteiger partial charge in [0.05, 0.1) is 11.4 Å². The van der Waals surface area contributed by atoms with Gasteiger partial charge in [-0.2, -0.15) is 0 Å².